The van der Waals surface area contributed by atoms with E-state index in [1.807, 2.05) is 0 Å². The van der Waals surface area contributed by atoms with Crippen molar-refractivity contribution in [3.8, 4) is 12.1 Å². The third kappa shape index (κ3) is 1.03. The second kappa shape index (κ2) is 2.55. The van der Waals surface area contributed by atoms with Gasteiger partial charge in [0.25, 0.3) is 0 Å². The van der Waals surface area contributed by atoms with Crippen LogP contribution in [0.1, 0.15) is 0 Å². The molecule has 6 heteroatoms. The van der Waals surface area contributed by atoms with Crippen molar-refractivity contribution in [3.05, 3.63) is 4.98 Å². The Morgan fingerprint density at radius 3 is 1.91 bits per heavy atom. The average molecular weight is 145 g/mol. The maximum Gasteiger partial charge on any atom is 0.507 e. The molecule has 0 aromatic carbocycles. The van der Waals surface area contributed by atoms with Crippen molar-refractivity contribution in [2.45, 2.75) is 6.29 Å². The van der Waals surface area contributed by atoms with Crippen LogP contribution in [-0.4, -0.2) is 17.7 Å². The van der Waals surface area contributed by atoms with Gasteiger partial charge in [-0.25, -0.2) is 0 Å². The van der Waals surface area contributed by atoms with E-state index in [-0.39, 0.29) is 11.4 Å². The maximum absolute atomic E-state index is 8.34. The molecule has 0 aromatic heterocycles. The highest BCUT2D eigenvalue weighted by molar-refractivity contribution is 6.54. The van der Waals surface area contributed by atoms with Crippen molar-refractivity contribution in [1.82, 2.24) is 0 Å². The smallest absolute Gasteiger partial charge is 0.191 e. The van der Waals surface area contributed by atoms with Gasteiger partial charge in [-0.3, -0.25) is 0 Å². The van der Waals surface area contributed by atoms with E-state index in [0.717, 1.165) is 0 Å². The van der Waals surface area contributed by atoms with Gasteiger partial charge in [0, 0.05) is 0 Å². The van der Waals surface area contributed by atoms with E-state index >= 15 is 0 Å². The molecule has 6 nitrogen and oxygen atoms in total. The van der Waals surface area contributed by atoms with Gasteiger partial charge in [0.1, 0.15) is 12.1 Å². The molecular formula is C5HN6+. The molecule has 0 unspecified atom stereocenters. The van der Waals surface area contributed by atoms with E-state index in [9.17, 15) is 0 Å². The van der Waals surface area contributed by atoms with Gasteiger partial charge in [-0.1, -0.05) is 0 Å². The minimum absolute atomic E-state index is 0.0877. The Balaban J connectivity index is 3.05. The zero-order valence-electron chi connectivity index (χ0n) is 5.26. The third-order valence-corrected chi connectivity index (χ3v) is 1.03. The molecule has 0 aliphatic carbocycles. The van der Waals surface area contributed by atoms with Gasteiger partial charge >= 0.3 is 6.29 Å². The van der Waals surface area contributed by atoms with Gasteiger partial charge in [-0.2, -0.15) is 20.5 Å². The topological polar surface area (TPSA) is 100 Å². The van der Waals surface area contributed by atoms with E-state index in [4.69, 9.17) is 15.9 Å². The van der Waals surface area contributed by atoms with E-state index in [0.29, 0.717) is 0 Å². The van der Waals surface area contributed by atoms with Crippen LogP contribution in [0.25, 0.3) is 4.98 Å². The Kier molecular flexibility index (Phi) is 1.59. The second-order valence-corrected chi connectivity index (χ2v) is 1.64. The molecule has 0 saturated heterocycles. The minimum Gasteiger partial charge on any atom is -0.191 e. The van der Waals surface area contributed by atoms with Crippen LogP contribution in [0.2, 0.25) is 0 Å². The van der Waals surface area contributed by atoms with Gasteiger partial charge in [0.15, 0.2) is 16.4 Å². The number of nitrogens with zero attached hydrogens (tertiary/aromatic N) is 6. The Hall–Kier alpha value is -2.26. The number of aliphatic imine (C=N–C) groups is 2. The molecule has 1 rings (SSSR count). The zero-order valence-corrected chi connectivity index (χ0v) is 5.26. The van der Waals surface area contributed by atoms with Crippen LogP contribution in [-0.2, 0) is 0 Å². The lowest BCUT2D eigenvalue weighted by molar-refractivity contribution is 0.874. The number of diazo groups is 1. The second-order valence-electron chi connectivity index (χ2n) is 1.64. The molecule has 0 amide bonds. The van der Waals surface area contributed by atoms with Crippen molar-refractivity contribution in [1.29, 1.82) is 15.9 Å². The molecule has 0 atom stereocenters. The Morgan fingerprint density at radius 2 is 1.64 bits per heavy atom. The first-order chi connectivity index (χ1) is 5.31. The molecule has 0 saturated carbocycles. The van der Waals surface area contributed by atoms with Crippen LogP contribution >= 0.6 is 0 Å². The van der Waals surface area contributed by atoms with Gasteiger partial charge in [-0.05, 0) is 0 Å². The van der Waals surface area contributed by atoms with Crippen LogP contribution in [0, 0.1) is 28.1 Å². The summed E-state index contributed by atoms with van der Waals surface area (Å²) in [4.78, 5) is 9.69. The largest absolute Gasteiger partial charge is 0.507 e. The van der Waals surface area contributed by atoms with Crippen LogP contribution in [0.5, 0.6) is 0 Å². The third-order valence-electron chi connectivity index (χ3n) is 1.03. The molecule has 0 fully saturated rings. The zero-order chi connectivity index (χ0) is 8.27. The van der Waals surface area contributed by atoms with Gasteiger partial charge in [-0.15, -0.1) is 0 Å². The summed E-state index contributed by atoms with van der Waals surface area (Å²) in [7, 11) is 0. The summed E-state index contributed by atoms with van der Waals surface area (Å²) in [5, 5.41) is 24.9. The van der Waals surface area contributed by atoms with E-state index < -0.39 is 6.29 Å². The lowest BCUT2D eigenvalue weighted by Crippen LogP contribution is -2.04. The van der Waals surface area contributed by atoms with E-state index in [2.05, 4.69) is 15.0 Å². The van der Waals surface area contributed by atoms with E-state index in [1.54, 1.807) is 12.1 Å². The highest BCUT2D eigenvalue weighted by Gasteiger charge is 2.28. The summed E-state index contributed by atoms with van der Waals surface area (Å²) in [6.07, 6.45) is -1.03. The van der Waals surface area contributed by atoms with Gasteiger partial charge in [0.2, 0.25) is 5.39 Å². The maximum atomic E-state index is 8.34. The van der Waals surface area contributed by atoms with Gasteiger partial charge < -0.3 is 0 Å². The Morgan fingerprint density at radius 1 is 1.18 bits per heavy atom. The fourth-order valence-electron chi connectivity index (χ4n) is 0.597. The molecule has 0 bridgehead atoms. The van der Waals surface area contributed by atoms with Crippen molar-refractivity contribution in [2.75, 3.05) is 0 Å². The number of hydrogen-bond donors (Lipinski definition) is 0. The van der Waals surface area contributed by atoms with Crippen molar-refractivity contribution < 1.29 is 0 Å². The standard InChI is InChI=1S/C5HN6/c6-1-3-4(2-7)10-5(9-3)11-8/h5H/q+1. The number of nitriles is 2. The molecule has 11 heavy (non-hydrogen) atoms. The molecule has 1 heterocycles. The van der Waals surface area contributed by atoms with Crippen LogP contribution in [0.3, 0.4) is 0 Å². The molecular weight excluding hydrogens is 144 g/mol. The molecule has 0 spiro atoms. The minimum atomic E-state index is -1.03. The predicted octanol–water partition coefficient (Wildman–Crippen LogP) is 0.0658. The monoisotopic (exact) mass is 145 g/mol. The molecule has 0 aromatic rings. The van der Waals surface area contributed by atoms with Crippen LogP contribution < -0.4 is 0 Å². The molecule has 1 aliphatic heterocycles. The molecule has 0 N–H and O–H groups in total. The summed E-state index contributed by atoms with van der Waals surface area (Å²) in [6.45, 7) is 0. The molecule has 1 aliphatic rings. The van der Waals surface area contributed by atoms with Crippen molar-refractivity contribution in [3.63, 3.8) is 0 Å². The average Bonchev–Trinajstić information content (AvgIpc) is 2.46. The molecule has 50 valence electrons. The summed E-state index contributed by atoms with van der Waals surface area (Å²) < 4.78 is 0. The normalized spacial score (nSPS) is 15.7. The first-order valence-corrected chi connectivity index (χ1v) is 2.62. The quantitative estimate of drug-likeness (QED) is 0.450. The van der Waals surface area contributed by atoms with Crippen molar-refractivity contribution in [2.24, 2.45) is 9.98 Å². The fourth-order valence-corrected chi connectivity index (χ4v) is 0.597. The fraction of sp³-hybridized carbons (Fsp3) is 0.200. The van der Waals surface area contributed by atoms with E-state index in [1.165, 1.54) is 0 Å². The van der Waals surface area contributed by atoms with Crippen molar-refractivity contribution >= 4 is 11.4 Å². The predicted molar refractivity (Wildman–Crippen MR) is 35.0 cm³/mol. The Bertz CT molecular complexity index is 326. The number of rotatable bonds is 0. The lowest BCUT2D eigenvalue weighted by atomic mass is 10.3. The Labute approximate surface area is 61.7 Å². The first kappa shape index (κ1) is 6.85. The number of hydrogen-bond acceptors (Lipinski definition) is 5. The lowest BCUT2D eigenvalue weighted by Gasteiger charge is -1.74. The summed E-state index contributed by atoms with van der Waals surface area (Å²) in [5.74, 6) is 0. The summed E-state index contributed by atoms with van der Waals surface area (Å²) in [6, 6.07) is 3.31. The molecule has 0 radical (unpaired) electrons. The van der Waals surface area contributed by atoms with Gasteiger partial charge in [0.05, 0.1) is 0 Å². The first-order valence-electron chi connectivity index (χ1n) is 2.62. The summed E-state index contributed by atoms with van der Waals surface area (Å²) in [5.41, 5.74) is -0.175. The van der Waals surface area contributed by atoms with Crippen LogP contribution in [0.15, 0.2) is 9.98 Å². The van der Waals surface area contributed by atoms with Crippen LogP contribution in [0.4, 0.5) is 0 Å². The SMILES string of the molecule is N#CC1=NC([N+]#N)N=C1C#N. The summed E-state index contributed by atoms with van der Waals surface area (Å²) >= 11 is 0. The highest BCUT2D eigenvalue weighted by Crippen LogP contribution is 2.05. The highest BCUT2D eigenvalue weighted by atomic mass is 15.2.